The molecule has 0 saturated carbocycles. The Labute approximate surface area is 216 Å². The van der Waals surface area contributed by atoms with Gasteiger partial charge in [0, 0.05) is 25.2 Å². The van der Waals surface area contributed by atoms with Crippen LogP contribution in [-0.2, 0) is 26.1 Å². The van der Waals surface area contributed by atoms with E-state index in [1.165, 1.54) is 13.2 Å². The van der Waals surface area contributed by atoms with E-state index in [-0.39, 0.29) is 29.2 Å². The normalized spacial score (nSPS) is 35.7. The molecule has 37 heavy (non-hydrogen) atoms. The van der Waals surface area contributed by atoms with Crippen LogP contribution in [0.25, 0.3) is 5.57 Å². The smallest absolute Gasteiger partial charge is 0.339 e. The van der Waals surface area contributed by atoms with Gasteiger partial charge in [-0.05, 0) is 55.6 Å². The molecule has 0 amide bonds. The van der Waals surface area contributed by atoms with Crippen LogP contribution in [-0.4, -0.2) is 61.4 Å². The van der Waals surface area contributed by atoms with Crippen molar-refractivity contribution in [2.45, 2.75) is 51.6 Å². The van der Waals surface area contributed by atoms with E-state index in [0.717, 1.165) is 11.6 Å². The molecule has 0 saturated heterocycles. The summed E-state index contributed by atoms with van der Waals surface area (Å²) in [6.45, 7) is 7.73. The molecule has 9 nitrogen and oxygen atoms in total. The van der Waals surface area contributed by atoms with E-state index >= 15 is 0 Å². The molecular formula is C28H36N2O7. The molecule has 0 radical (unpaired) electrons. The number of nitrogens with zero attached hydrogens (tertiary/aromatic N) is 2. The number of hydrogen-bond donors (Lipinski definition) is 3. The molecular weight excluding hydrogens is 476 g/mol. The van der Waals surface area contributed by atoms with Gasteiger partial charge in [0.25, 0.3) is 0 Å². The fourth-order valence-corrected chi connectivity index (χ4v) is 6.33. The molecule has 7 atom stereocenters. The first-order valence-corrected chi connectivity index (χ1v) is 12.5. The minimum absolute atomic E-state index is 0.0462. The third-order valence-corrected chi connectivity index (χ3v) is 8.09. The largest absolute Gasteiger partial charge is 0.478 e. The number of aromatic nitrogens is 2. The highest BCUT2D eigenvalue weighted by Gasteiger charge is 2.54. The van der Waals surface area contributed by atoms with E-state index in [4.69, 9.17) is 9.47 Å². The zero-order chi connectivity index (χ0) is 27.3. The number of carboxylic acids is 1. The molecule has 9 heteroatoms. The average Bonchev–Trinajstić information content (AvgIpc) is 3.38. The average molecular weight is 513 g/mol. The van der Waals surface area contributed by atoms with Crippen molar-refractivity contribution in [2.75, 3.05) is 7.11 Å². The first kappa shape index (κ1) is 27.0. The molecule has 1 aromatic rings. The Hall–Kier alpha value is -3.01. The molecule has 3 heterocycles. The maximum absolute atomic E-state index is 13.0. The van der Waals surface area contributed by atoms with Crippen LogP contribution in [0.3, 0.4) is 0 Å². The van der Waals surface area contributed by atoms with Crippen LogP contribution in [0.5, 0.6) is 0 Å². The predicted molar refractivity (Wildman–Crippen MR) is 136 cm³/mol. The van der Waals surface area contributed by atoms with Gasteiger partial charge in [-0.1, -0.05) is 37.6 Å². The van der Waals surface area contributed by atoms with Crippen molar-refractivity contribution in [3.05, 3.63) is 59.7 Å². The highest BCUT2D eigenvalue weighted by molar-refractivity contribution is 5.92. The second-order valence-electron chi connectivity index (χ2n) is 10.9. The predicted octanol–water partition coefficient (Wildman–Crippen LogP) is 2.87. The number of fused-ring (bicyclic) bond motifs is 3. The summed E-state index contributed by atoms with van der Waals surface area (Å²) < 4.78 is 13.1. The summed E-state index contributed by atoms with van der Waals surface area (Å²) in [7, 11) is 3.04. The highest BCUT2D eigenvalue weighted by Crippen LogP contribution is 2.52. The van der Waals surface area contributed by atoms with E-state index in [1.54, 1.807) is 43.2 Å². The zero-order valence-corrected chi connectivity index (χ0v) is 22.1. The molecule has 200 valence electrons. The number of aliphatic hydroxyl groups is 2. The topological polar surface area (TPSA) is 131 Å². The van der Waals surface area contributed by atoms with Gasteiger partial charge in [-0.2, -0.15) is 0 Å². The van der Waals surface area contributed by atoms with Gasteiger partial charge in [-0.25, -0.2) is 14.6 Å². The van der Waals surface area contributed by atoms with Crippen LogP contribution in [0.4, 0.5) is 0 Å². The molecule has 3 aliphatic rings. The third kappa shape index (κ3) is 4.83. The molecule has 0 unspecified atom stereocenters. The summed E-state index contributed by atoms with van der Waals surface area (Å²) >= 11 is 0. The van der Waals surface area contributed by atoms with Gasteiger partial charge in [0.1, 0.15) is 0 Å². The third-order valence-electron chi connectivity index (χ3n) is 8.09. The molecule has 1 aliphatic carbocycles. The lowest BCUT2D eigenvalue weighted by molar-refractivity contribution is -0.193. The van der Waals surface area contributed by atoms with E-state index in [9.17, 15) is 24.9 Å². The van der Waals surface area contributed by atoms with Gasteiger partial charge >= 0.3 is 11.9 Å². The maximum atomic E-state index is 13.0. The minimum atomic E-state index is -2.09. The number of aryl methyl sites for hydroxylation is 1. The monoisotopic (exact) mass is 512 g/mol. The molecule has 2 bridgehead atoms. The number of allylic oxidation sites excluding steroid dienone is 2. The Balaban J connectivity index is 1.98. The van der Waals surface area contributed by atoms with Gasteiger partial charge in [0.05, 0.1) is 36.4 Å². The van der Waals surface area contributed by atoms with Crippen LogP contribution in [0.1, 0.15) is 39.8 Å². The number of rotatable bonds is 5. The van der Waals surface area contributed by atoms with Crippen molar-refractivity contribution < 1.29 is 34.4 Å². The van der Waals surface area contributed by atoms with Crippen molar-refractivity contribution in [2.24, 2.45) is 36.6 Å². The first-order valence-electron chi connectivity index (χ1n) is 12.5. The number of imidazole rings is 1. The molecule has 2 aliphatic heterocycles. The fourth-order valence-electron chi connectivity index (χ4n) is 6.33. The Kier molecular flexibility index (Phi) is 7.09. The van der Waals surface area contributed by atoms with Crippen LogP contribution < -0.4 is 0 Å². The van der Waals surface area contributed by atoms with Crippen molar-refractivity contribution in [1.29, 1.82) is 0 Å². The Morgan fingerprint density at radius 3 is 2.57 bits per heavy atom. The lowest BCUT2D eigenvalue weighted by Gasteiger charge is -2.44. The highest BCUT2D eigenvalue weighted by atomic mass is 16.6. The van der Waals surface area contributed by atoms with Crippen molar-refractivity contribution in [1.82, 2.24) is 9.55 Å². The van der Waals surface area contributed by atoms with Gasteiger partial charge in [-0.3, -0.25) is 0 Å². The Morgan fingerprint density at radius 2 is 2.00 bits per heavy atom. The quantitative estimate of drug-likeness (QED) is 0.312. The molecule has 0 spiro atoms. The SMILES string of the molecule is COC(=O)C1=C[C@@H]2[C@H](C(C)C)[C@@H](O)C=C(C)[C@H]2C[C@H](C(=CC(=O)O)c2cn(C)cn2)[C@@]2(C)C=C[C@]1(O)O2. The van der Waals surface area contributed by atoms with Gasteiger partial charge in [0.15, 0.2) is 0 Å². The summed E-state index contributed by atoms with van der Waals surface area (Å²) in [6.07, 6.45) is 10.8. The number of hydrogen-bond acceptors (Lipinski definition) is 7. The molecule has 0 fully saturated rings. The summed E-state index contributed by atoms with van der Waals surface area (Å²) in [5.41, 5.74) is 0.620. The number of carbonyl (C=O) groups excluding carboxylic acids is 1. The van der Waals surface area contributed by atoms with Crippen molar-refractivity contribution in [3.63, 3.8) is 0 Å². The number of esters is 1. The first-order chi connectivity index (χ1) is 17.3. The Morgan fingerprint density at radius 1 is 1.30 bits per heavy atom. The minimum Gasteiger partial charge on any atom is -0.478 e. The summed E-state index contributed by atoms with van der Waals surface area (Å²) in [4.78, 5) is 29.4. The summed E-state index contributed by atoms with van der Waals surface area (Å²) in [6, 6.07) is 0. The van der Waals surface area contributed by atoms with E-state index in [0.29, 0.717) is 17.7 Å². The van der Waals surface area contributed by atoms with Crippen LogP contribution in [0, 0.1) is 29.6 Å². The van der Waals surface area contributed by atoms with E-state index < -0.39 is 35.3 Å². The molecule has 1 aromatic heterocycles. The number of methoxy groups -OCH3 is 1. The van der Waals surface area contributed by atoms with Gasteiger partial charge < -0.3 is 29.4 Å². The zero-order valence-electron chi connectivity index (χ0n) is 22.1. The molecule has 3 N–H and O–H groups in total. The molecule has 0 aromatic carbocycles. The van der Waals surface area contributed by atoms with E-state index in [2.05, 4.69) is 4.98 Å². The standard InChI is InChI=1S/C28H36N2O7/c1-15(2)25-18-11-21(26(34)36-6)28(35)8-7-27(4,37-28)20(10-17(18)16(3)9-23(25)31)19(12-24(32)33)22-13-30(5)14-29-22/h7-9,11-15,17-18,20,23,25,31,35H,10H2,1-6H3,(H,32,33)/t17-,18+,20-,23+,25+,27-,28+/m1/s1. The van der Waals surface area contributed by atoms with Crippen molar-refractivity contribution >= 4 is 17.5 Å². The van der Waals surface area contributed by atoms with Crippen LogP contribution >= 0.6 is 0 Å². The van der Waals surface area contributed by atoms with Gasteiger partial charge in [0.2, 0.25) is 5.79 Å². The summed E-state index contributed by atoms with van der Waals surface area (Å²) in [5.74, 6) is -5.25. The van der Waals surface area contributed by atoms with Gasteiger partial charge in [-0.15, -0.1) is 0 Å². The Bertz CT molecular complexity index is 1210. The number of carboxylic acid groups (broad SMARTS) is 1. The number of ether oxygens (including phenoxy) is 2. The maximum Gasteiger partial charge on any atom is 0.339 e. The second kappa shape index (κ2) is 9.70. The lowest BCUT2D eigenvalue weighted by Crippen LogP contribution is -2.43. The van der Waals surface area contributed by atoms with Crippen molar-refractivity contribution in [3.8, 4) is 0 Å². The number of aliphatic carboxylic acids is 1. The number of aliphatic hydroxyl groups excluding tert-OH is 1. The summed E-state index contributed by atoms with van der Waals surface area (Å²) in [5, 5.41) is 32.5. The second-order valence-corrected chi connectivity index (χ2v) is 10.9. The lowest BCUT2D eigenvalue weighted by atomic mass is 9.62. The van der Waals surface area contributed by atoms with Crippen LogP contribution in [0.15, 0.2) is 54.1 Å². The molecule has 4 rings (SSSR count). The van der Waals surface area contributed by atoms with E-state index in [1.807, 2.05) is 26.8 Å². The fraction of sp³-hybridized carbons (Fsp3) is 0.536. The van der Waals surface area contributed by atoms with Crippen LogP contribution in [0.2, 0.25) is 0 Å². The number of carbonyl (C=O) groups is 2.